The van der Waals surface area contributed by atoms with Crippen molar-refractivity contribution in [1.29, 1.82) is 5.26 Å². The van der Waals surface area contributed by atoms with E-state index in [9.17, 15) is 0 Å². The van der Waals surface area contributed by atoms with E-state index in [1.54, 1.807) is 0 Å². The SMILES string of the molecule is N#CC(N)Cc1nc2ccccc2[nH]1. The van der Waals surface area contributed by atoms with Gasteiger partial charge in [-0.25, -0.2) is 4.98 Å². The standard InChI is InChI=1S/C10H10N4/c11-6-7(12)5-10-13-8-3-1-2-4-9(8)14-10/h1-4,7H,5,12H2,(H,13,14). The van der Waals surface area contributed by atoms with Crippen molar-refractivity contribution >= 4 is 11.0 Å². The van der Waals surface area contributed by atoms with Crippen LogP contribution in [0.4, 0.5) is 0 Å². The summed E-state index contributed by atoms with van der Waals surface area (Å²) >= 11 is 0. The predicted molar refractivity (Wildman–Crippen MR) is 53.4 cm³/mol. The second kappa shape index (κ2) is 3.48. The fourth-order valence-electron chi connectivity index (χ4n) is 1.36. The highest BCUT2D eigenvalue weighted by atomic mass is 14.9. The maximum atomic E-state index is 8.55. The number of nitrogens with zero attached hydrogens (tertiary/aromatic N) is 2. The first-order chi connectivity index (χ1) is 6.79. The first kappa shape index (κ1) is 8.73. The van der Waals surface area contributed by atoms with Gasteiger partial charge in [0.1, 0.15) is 5.82 Å². The molecule has 0 saturated carbocycles. The number of nitrogens with one attached hydrogen (secondary N) is 1. The molecule has 0 aliphatic heterocycles. The first-order valence-electron chi connectivity index (χ1n) is 4.38. The van der Waals surface area contributed by atoms with Crippen LogP contribution in [-0.4, -0.2) is 16.0 Å². The Labute approximate surface area is 81.4 Å². The van der Waals surface area contributed by atoms with Gasteiger partial charge in [0.25, 0.3) is 0 Å². The van der Waals surface area contributed by atoms with Crippen LogP contribution in [0, 0.1) is 11.3 Å². The molecule has 14 heavy (non-hydrogen) atoms. The summed E-state index contributed by atoms with van der Waals surface area (Å²) in [6.07, 6.45) is 0.463. The average Bonchev–Trinajstić information content (AvgIpc) is 2.59. The van der Waals surface area contributed by atoms with Crippen molar-refractivity contribution in [3.63, 3.8) is 0 Å². The lowest BCUT2D eigenvalue weighted by atomic mass is 10.2. The number of H-pyrrole nitrogens is 1. The van der Waals surface area contributed by atoms with Crippen molar-refractivity contribution in [2.75, 3.05) is 0 Å². The van der Waals surface area contributed by atoms with E-state index in [0.29, 0.717) is 6.42 Å². The van der Waals surface area contributed by atoms with E-state index in [1.807, 2.05) is 30.3 Å². The molecule has 1 unspecified atom stereocenters. The molecule has 0 radical (unpaired) electrons. The van der Waals surface area contributed by atoms with Crippen LogP contribution >= 0.6 is 0 Å². The topological polar surface area (TPSA) is 78.5 Å². The molecule has 0 fully saturated rings. The van der Waals surface area contributed by atoms with Crippen LogP contribution in [-0.2, 0) is 6.42 Å². The maximum absolute atomic E-state index is 8.55. The number of nitriles is 1. The van der Waals surface area contributed by atoms with Gasteiger partial charge in [0, 0.05) is 6.42 Å². The zero-order valence-electron chi connectivity index (χ0n) is 7.57. The summed E-state index contributed by atoms with van der Waals surface area (Å²) in [6.45, 7) is 0. The highest BCUT2D eigenvalue weighted by Crippen LogP contribution is 2.10. The highest BCUT2D eigenvalue weighted by Gasteiger charge is 2.06. The second-order valence-electron chi connectivity index (χ2n) is 3.14. The molecule has 1 heterocycles. The molecule has 0 spiro atoms. The van der Waals surface area contributed by atoms with Gasteiger partial charge in [-0.1, -0.05) is 12.1 Å². The lowest BCUT2D eigenvalue weighted by Gasteiger charge is -1.96. The third kappa shape index (κ3) is 1.58. The molecule has 1 aromatic heterocycles. The zero-order chi connectivity index (χ0) is 9.97. The molecule has 4 nitrogen and oxygen atoms in total. The van der Waals surface area contributed by atoms with Gasteiger partial charge in [-0.2, -0.15) is 5.26 Å². The van der Waals surface area contributed by atoms with E-state index in [1.165, 1.54) is 0 Å². The minimum atomic E-state index is -0.490. The molecule has 1 aromatic carbocycles. The minimum absolute atomic E-state index is 0.463. The number of rotatable bonds is 2. The van der Waals surface area contributed by atoms with Crippen LogP contribution in [0.1, 0.15) is 5.82 Å². The largest absolute Gasteiger partial charge is 0.342 e. The third-order valence-electron chi connectivity index (χ3n) is 2.02. The molecule has 3 N–H and O–H groups in total. The number of imidazole rings is 1. The van der Waals surface area contributed by atoms with Crippen molar-refractivity contribution in [2.24, 2.45) is 5.73 Å². The lowest BCUT2D eigenvalue weighted by molar-refractivity contribution is 0.785. The zero-order valence-corrected chi connectivity index (χ0v) is 7.57. The molecule has 0 aliphatic rings. The fraction of sp³-hybridized carbons (Fsp3) is 0.200. The summed E-state index contributed by atoms with van der Waals surface area (Å²) in [5.41, 5.74) is 7.39. The number of hydrogen-bond acceptors (Lipinski definition) is 3. The molecule has 1 atom stereocenters. The summed E-state index contributed by atoms with van der Waals surface area (Å²) in [5.74, 6) is 0.764. The van der Waals surface area contributed by atoms with Crippen LogP contribution in [0.5, 0.6) is 0 Å². The normalized spacial score (nSPS) is 12.6. The van der Waals surface area contributed by atoms with Crippen molar-refractivity contribution in [3.8, 4) is 6.07 Å². The fourth-order valence-corrected chi connectivity index (χ4v) is 1.36. The molecule has 70 valence electrons. The number of nitrogens with two attached hydrogens (primary N) is 1. The number of fused-ring (bicyclic) bond motifs is 1. The quantitative estimate of drug-likeness (QED) is 0.733. The Kier molecular flexibility index (Phi) is 2.17. The highest BCUT2D eigenvalue weighted by molar-refractivity contribution is 5.74. The average molecular weight is 186 g/mol. The van der Waals surface area contributed by atoms with Gasteiger partial charge >= 0.3 is 0 Å². The monoisotopic (exact) mass is 186 g/mol. The molecular weight excluding hydrogens is 176 g/mol. The van der Waals surface area contributed by atoms with Gasteiger partial charge in [0.15, 0.2) is 0 Å². The van der Waals surface area contributed by atoms with Crippen LogP contribution in [0.25, 0.3) is 11.0 Å². The summed E-state index contributed by atoms with van der Waals surface area (Å²) in [4.78, 5) is 7.43. The Bertz CT molecular complexity index is 447. The van der Waals surface area contributed by atoms with Crippen molar-refractivity contribution in [3.05, 3.63) is 30.1 Å². The van der Waals surface area contributed by atoms with E-state index in [-0.39, 0.29) is 0 Å². The van der Waals surface area contributed by atoms with E-state index in [4.69, 9.17) is 11.0 Å². The van der Waals surface area contributed by atoms with Gasteiger partial charge in [-0.3, -0.25) is 0 Å². The van der Waals surface area contributed by atoms with Crippen LogP contribution in [0.3, 0.4) is 0 Å². The minimum Gasteiger partial charge on any atom is -0.342 e. The first-order valence-corrected chi connectivity index (χ1v) is 4.38. The van der Waals surface area contributed by atoms with Crippen LogP contribution < -0.4 is 5.73 Å². The number of benzene rings is 1. The van der Waals surface area contributed by atoms with E-state index >= 15 is 0 Å². The van der Waals surface area contributed by atoms with Crippen LogP contribution in [0.15, 0.2) is 24.3 Å². The summed E-state index contributed by atoms with van der Waals surface area (Å²) in [5, 5.41) is 8.55. The van der Waals surface area contributed by atoms with Gasteiger partial charge in [0.05, 0.1) is 23.1 Å². The number of aromatic nitrogens is 2. The Hall–Kier alpha value is -1.86. The number of para-hydroxylation sites is 2. The van der Waals surface area contributed by atoms with Gasteiger partial charge < -0.3 is 10.7 Å². The Balaban J connectivity index is 2.32. The van der Waals surface area contributed by atoms with E-state index in [2.05, 4.69) is 9.97 Å². The van der Waals surface area contributed by atoms with Crippen LogP contribution in [0.2, 0.25) is 0 Å². The van der Waals surface area contributed by atoms with Gasteiger partial charge in [-0.15, -0.1) is 0 Å². The Morgan fingerprint density at radius 2 is 2.29 bits per heavy atom. The van der Waals surface area contributed by atoms with Crippen molar-refractivity contribution in [2.45, 2.75) is 12.5 Å². The summed E-state index contributed by atoms with van der Waals surface area (Å²) in [6, 6.07) is 9.22. The van der Waals surface area contributed by atoms with Gasteiger partial charge in [-0.05, 0) is 12.1 Å². The molecule has 2 rings (SSSR count). The molecule has 4 heteroatoms. The van der Waals surface area contributed by atoms with E-state index < -0.39 is 6.04 Å². The lowest BCUT2D eigenvalue weighted by Crippen LogP contribution is -2.20. The maximum Gasteiger partial charge on any atom is 0.109 e. The Morgan fingerprint density at radius 3 is 3.00 bits per heavy atom. The van der Waals surface area contributed by atoms with Gasteiger partial charge in [0.2, 0.25) is 0 Å². The predicted octanol–water partition coefficient (Wildman–Crippen LogP) is 0.956. The Morgan fingerprint density at radius 1 is 1.50 bits per heavy atom. The summed E-state index contributed by atoms with van der Waals surface area (Å²) < 4.78 is 0. The second-order valence-corrected chi connectivity index (χ2v) is 3.14. The third-order valence-corrected chi connectivity index (χ3v) is 2.02. The molecular formula is C10H10N4. The smallest absolute Gasteiger partial charge is 0.109 e. The number of hydrogen-bond donors (Lipinski definition) is 2. The van der Waals surface area contributed by atoms with Crippen molar-refractivity contribution < 1.29 is 0 Å². The molecule has 0 saturated heterocycles. The molecule has 0 amide bonds. The van der Waals surface area contributed by atoms with Crippen molar-refractivity contribution in [1.82, 2.24) is 9.97 Å². The number of aromatic amines is 1. The molecule has 0 aliphatic carbocycles. The summed E-state index contributed by atoms with van der Waals surface area (Å²) in [7, 11) is 0. The molecule has 2 aromatic rings. The van der Waals surface area contributed by atoms with E-state index in [0.717, 1.165) is 16.9 Å². The molecule has 0 bridgehead atoms.